The van der Waals surface area contributed by atoms with Gasteiger partial charge in [-0.2, -0.15) is 0 Å². The molecule has 0 radical (unpaired) electrons. The molecule has 1 atom stereocenters. The van der Waals surface area contributed by atoms with Crippen molar-refractivity contribution >= 4 is 17.4 Å². The minimum absolute atomic E-state index is 0.129. The third-order valence-electron chi connectivity index (χ3n) is 3.45. The van der Waals surface area contributed by atoms with E-state index < -0.39 is 0 Å². The first kappa shape index (κ1) is 15.5. The van der Waals surface area contributed by atoms with Gasteiger partial charge in [-0.1, -0.05) is 30.3 Å². The summed E-state index contributed by atoms with van der Waals surface area (Å²) in [7, 11) is 1.94. The van der Waals surface area contributed by atoms with Gasteiger partial charge in [-0.25, -0.2) is 0 Å². The summed E-state index contributed by atoms with van der Waals surface area (Å²) in [6, 6.07) is 15.3. The number of likely N-dealkylation sites (N-methyl/N-ethyl adjacent to an activating group) is 1. The number of hydrogen-bond donors (Lipinski definition) is 1. The molecule has 2 aromatic carbocycles. The molecule has 0 amide bonds. The van der Waals surface area contributed by atoms with Crippen LogP contribution in [0.2, 0.25) is 0 Å². The highest BCUT2D eigenvalue weighted by molar-refractivity contribution is 7.98. The van der Waals surface area contributed by atoms with Crippen molar-refractivity contribution in [1.82, 2.24) is 5.32 Å². The second-order valence-electron chi connectivity index (χ2n) is 4.71. The van der Waals surface area contributed by atoms with Crippen LogP contribution in [0.15, 0.2) is 53.4 Å². The van der Waals surface area contributed by atoms with E-state index in [1.165, 1.54) is 10.5 Å². The molecule has 0 aliphatic heterocycles. The van der Waals surface area contributed by atoms with Crippen LogP contribution in [0, 0.1) is 10.1 Å². The van der Waals surface area contributed by atoms with Crippen molar-refractivity contribution < 1.29 is 4.92 Å². The van der Waals surface area contributed by atoms with E-state index in [1.54, 1.807) is 23.9 Å². The highest BCUT2D eigenvalue weighted by Crippen LogP contribution is 2.28. The zero-order valence-corrected chi connectivity index (χ0v) is 12.9. The van der Waals surface area contributed by atoms with Crippen LogP contribution in [0.4, 0.5) is 5.69 Å². The van der Waals surface area contributed by atoms with Gasteiger partial charge < -0.3 is 5.32 Å². The summed E-state index contributed by atoms with van der Waals surface area (Å²) < 4.78 is 0. The minimum atomic E-state index is -0.373. The largest absolute Gasteiger partial charge is 0.313 e. The zero-order valence-electron chi connectivity index (χ0n) is 12.1. The summed E-state index contributed by atoms with van der Waals surface area (Å²) in [5, 5.41) is 14.0. The molecule has 0 aliphatic carbocycles. The predicted octanol–water partition coefficient (Wildman–Crippen LogP) is 3.82. The van der Waals surface area contributed by atoms with Gasteiger partial charge in [-0.05, 0) is 36.9 Å². The van der Waals surface area contributed by atoms with Gasteiger partial charge in [0.15, 0.2) is 0 Å². The van der Waals surface area contributed by atoms with Gasteiger partial charge in [0, 0.05) is 23.1 Å². The number of thioether (sulfide) groups is 1. The van der Waals surface area contributed by atoms with Crippen LogP contribution < -0.4 is 5.32 Å². The molecular formula is C16H18N2O2S. The minimum Gasteiger partial charge on any atom is -0.313 e. The van der Waals surface area contributed by atoms with Gasteiger partial charge in [0.25, 0.3) is 5.69 Å². The Morgan fingerprint density at radius 3 is 2.43 bits per heavy atom. The maximum atomic E-state index is 10.7. The van der Waals surface area contributed by atoms with E-state index >= 15 is 0 Å². The Balaban J connectivity index is 2.20. The zero-order chi connectivity index (χ0) is 15.2. The Bertz CT molecular complexity index is 614. The molecule has 110 valence electrons. The van der Waals surface area contributed by atoms with Crippen molar-refractivity contribution in [3.05, 3.63) is 69.8 Å². The highest BCUT2D eigenvalue weighted by Gasteiger charge is 2.14. The number of rotatable bonds is 6. The van der Waals surface area contributed by atoms with Crippen LogP contribution >= 0.6 is 11.8 Å². The first-order valence-electron chi connectivity index (χ1n) is 6.69. The number of nitro benzene ring substituents is 1. The normalized spacial score (nSPS) is 12.1. The smallest absolute Gasteiger partial charge is 0.269 e. The van der Waals surface area contributed by atoms with Crippen molar-refractivity contribution in [2.75, 3.05) is 13.3 Å². The SMILES string of the molecule is CNC(Cc1ccc([N+](=O)[O-])cc1)c1ccccc1SC. The lowest BCUT2D eigenvalue weighted by atomic mass is 9.99. The molecule has 21 heavy (non-hydrogen) atoms. The van der Waals surface area contributed by atoms with Crippen LogP contribution in [0.25, 0.3) is 0 Å². The second-order valence-corrected chi connectivity index (χ2v) is 5.56. The molecule has 1 unspecified atom stereocenters. The van der Waals surface area contributed by atoms with Gasteiger partial charge >= 0.3 is 0 Å². The van der Waals surface area contributed by atoms with E-state index in [-0.39, 0.29) is 16.7 Å². The Morgan fingerprint density at radius 1 is 1.19 bits per heavy atom. The third kappa shape index (κ3) is 3.83. The topological polar surface area (TPSA) is 55.2 Å². The predicted molar refractivity (Wildman–Crippen MR) is 86.8 cm³/mol. The maximum Gasteiger partial charge on any atom is 0.269 e. The van der Waals surface area contributed by atoms with Crippen molar-refractivity contribution in [2.24, 2.45) is 0 Å². The fourth-order valence-corrected chi connectivity index (χ4v) is 2.97. The Kier molecular flexibility index (Phi) is 5.36. The number of benzene rings is 2. The summed E-state index contributed by atoms with van der Waals surface area (Å²) in [5.74, 6) is 0. The lowest BCUT2D eigenvalue weighted by Crippen LogP contribution is -2.19. The molecule has 1 N–H and O–H groups in total. The van der Waals surface area contributed by atoms with E-state index in [4.69, 9.17) is 0 Å². The average molecular weight is 302 g/mol. The van der Waals surface area contributed by atoms with Crippen molar-refractivity contribution in [2.45, 2.75) is 17.4 Å². The second kappa shape index (κ2) is 7.24. The third-order valence-corrected chi connectivity index (χ3v) is 4.26. The molecule has 5 heteroatoms. The van der Waals surface area contributed by atoms with E-state index in [9.17, 15) is 10.1 Å². The van der Waals surface area contributed by atoms with Crippen molar-refractivity contribution in [3.8, 4) is 0 Å². The lowest BCUT2D eigenvalue weighted by Gasteiger charge is -2.19. The molecule has 0 spiro atoms. The maximum absolute atomic E-state index is 10.7. The van der Waals surface area contributed by atoms with Gasteiger partial charge in [-0.3, -0.25) is 10.1 Å². The molecule has 2 aromatic rings. The molecule has 2 rings (SSSR count). The molecule has 0 aliphatic rings. The van der Waals surface area contributed by atoms with Crippen molar-refractivity contribution in [1.29, 1.82) is 0 Å². The first-order chi connectivity index (χ1) is 10.2. The fraction of sp³-hybridized carbons (Fsp3) is 0.250. The summed E-state index contributed by atoms with van der Waals surface area (Å²) in [6.45, 7) is 0. The van der Waals surface area contributed by atoms with Gasteiger partial charge in [-0.15, -0.1) is 11.8 Å². The molecule has 0 fully saturated rings. The number of nitrogens with one attached hydrogen (secondary N) is 1. The van der Waals surface area contributed by atoms with Crippen LogP contribution in [0.5, 0.6) is 0 Å². The van der Waals surface area contributed by atoms with E-state index in [0.29, 0.717) is 0 Å². The van der Waals surface area contributed by atoms with Gasteiger partial charge in [0.1, 0.15) is 0 Å². The summed E-state index contributed by atoms with van der Waals surface area (Å²) >= 11 is 1.73. The quantitative estimate of drug-likeness (QED) is 0.501. The molecule has 0 aromatic heterocycles. The molecule has 0 heterocycles. The van der Waals surface area contributed by atoms with Gasteiger partial charge in [0.05, 0.1) is 4.92 Å². The highest BCUT2D eigenvalue weighted by atomic mass is 32.2. The number of nitro groups is 1. The van der Waals surface area contributed by atoms with Crippen LogP contribution in [0.1, 0.15) is 17.2 Å². The summed E-state index contributed by atoms with van der Waals surface area (Å²) in [4.78, 5) is 11.6. The number of hydrogen-bond acceptors (Lipinski definition) is 4. The summed E-state index contributed by atoms with van der Waals surface area (Å²) in [5.41, 5.74) is 2.46. The van der Waals surface area contributed by atoms with Crippen molar-refractivity contribution in [3.63, 3.8) is 0 Å². The Labute approximate surface area is 128 Å². The monoisotopic (exact) mass is 302 g/mol. The van der Waals surface area contributed by atoms with Crippen LogP contribution in [-0.4, -0.2) is 18.2 Å². The Hall–Kier alpha value is -1.85. The van der Waals surface area contributed by atoms with E-state index in [2.05, 4.69) is 23.7 Å². The first-order valence-corrected chi connectivity index (χ1v) is 7.91. The number of non-ortho nitro benzene ring substituents is 1. The molecule has 4 nitrogen and oxygen atoms in total. The summed E-state index contributed by atoms with van der Waals surface area (Å²) in [6.07, 6.45) is 2.86. The lowest BCUT2D eigenvalue weighted by molar-refractivity contribution is -0.384. The molecule has 0 saturated heterocycles. The standard InChI is InChI=1S/C16H18N2O2S/c1-17-15(14-5-3-4-6-16(14)21-2)11-12-7-9-13(10-8-12)18(19)20/h3-10,15,17H,11H2,1-2H3. The Morgan fingerprint density at radius 2 is 1.86 bits per heavy atom. The van der Waals surface area contributed by atoms with Gasteiger partial charge in [0.2, 0.25) is 0 Å². The van der Waals surface area contributed by atoms with Crippen LogP contribution in [0.3, 0.4) is 0 Å². The fourth-order valence-electron chi connectivity index (χ4n) is 2.31. The van der Waals surface area contributed by atoms with E-state index in [1.807, 2.05) is 31.3 Å². The van der Waals surface area contributed by atoms with E-state index in [0.717, 1.165) is 12.0 Å². The molecule has 0 bridgehead atoms. The van der Waals surface area contributed by atoms with Crippen LogP contribution in [-0.2, 0) is 6.42 Å². The molecular weight excluding hydrogens is 284 g/mol. The molecule has 0 saturated carbocycles. The number of nitrogens with zero attached hydrogens (tertiary/aromatic N) is 1. The average Bonchev–Trinajstić information content (AvgIpc) is 2.53.